The Balaban J connectivity index is 1.17. The molecule has 276 valence electrons. The van der Waals surface area contributed by atoms with Crippen molar-refractivity contribution in [3.8, 4) is 23.0 Å². The van der Waals surface area contributed by atoms with Gasteiger partial charge in [0.15, 0.2) is 0 Å². The lowest BCUT2D eigenvalue weighted by molar-refractivity contribution is -0.230. The standard InChI is InChI=1S/C38H47NO12/c40-18-29-33(44)35(46)31(42)26(50-29)9-5-20-3-7-22-23-8-4-21(6-10-27-32(43)36(47)34(45)30(19-41)51-27)17-25(23)38(24(22)16-20)11-13-39(14-12-38)37(48)28-2-1-15-49-28/h3-4,7-8,16-17,26-36,40-47H,1-2,5,9,11-15,18-19H2/t26-,27-,28-,29-,30-,31-,32-,33-,34-,35-,36-/m1/s1. The summed E-state index contributed by atoms with van der Waals surface area (Å²) in [6.45, 7) is 0.636. The molecule has 51 heavy (non-hydrogen) atoms. The van der Waals surface area contributed by atoms with Crippen molar-refractivity contribution in [2.45, 2.75) is 111 Å². The number of hydrogen-bond acceptors (Lipinski definition) is 12. The summed E-state index contributed by atoms with van der Waals surface area (Å²) < 4.78 is 17.1. The van der Waals surface area contributed by atoms with Crippen LogP contribution in [0.3, 0.4) is 0 Å². The van der Waals surface area contributed by atoms with Crippen LogP contribution in [0.25, 0.3) is 11.1 Å². The maximum absolute atomic E-state index is 13.3. The first-order valence-corrected chi connectivity index (χ1v) is 17.9. The number of aliphatic hydroxyl groups excluding tert-OH is 8. The molecule has 13 heteroatoms. The Labute approximate surface area is 296 Å². The van der Waals surface area contributed by atoms with Gasteiger partial charge in [-0.05, 0) is 78.5 Å². The lowest BCUT2D eigenvalue weighted by Gasteiger charge is -2.42. The number of ether oxygens (including phenoxy) is 3. The normalized spacial score (nSPS) is 35.6. The molecule has 8 N–H and O–H groups in total. The monoisotopic (exact) mass is 709 g/mol. The number of aliphatic hydroxyl groups is 8. The van der Waals surface area contributed by atoms with E-state index in [2.05, 4.69) is 24.0 Å². The first-order valence-electron chi connectivity index (χ1n) is 17.9. The molecule has 1 aliphatic carbocycles. The zero-order valence-electron chi connectivity index (χ0n) is 28.3. The zero-order chi connectivity index (χ0) is 36.0. The van der Waals surface area contributed by atoms with E-state index in [1.54, 1.807) is 0 Å². The SMILES string of the molecule is O=C([C@H]1CCCO1)N1CCC2(CC1)c1cc(C#C[C@H]3O[C@H](CO)[C@@H](O)[C@H](O)[C@@H]3O)ccc1-c1ccc(CC[C@H]3O[C@H](CO)[C@@H](O)[C@H](O)[C@@H]3O)cc12. The van der Waals surface area contributed by atoms with Crippen LogP contribution in [0, 0.1) is 11.8 Å². The van der Waals surface area contributed by atoms with Gasteiger partial charge in [-0.15, -0.1) is 0 Å². The van der Waals surface area contributed by atoms with E-state index in [1.807, 2.05) is 29.2 Å². The quantitative estimate of drug-likeness (QED) is 0.165. The average Bonchev–Trinajstić information content (AvgIpc) is 3.78. The predicted octanol–water partition coefficient (Wildman–Crippen LogP) is -1.28. The number of hydrogen-bond donors (Lipinski definition) is 8. The number of fused-ring (bicyclic) bond motifs is 5. The van der Waals surface area contributed by atoms with Gasteiger partial charge in [-0.25, -0.2) is 0 Å². The average molecular weight is 710 g/mol. The lowest BCUT2D eigenvalue weighted by Crippen LogP contribution is -2.58. The molecule has 4 fully saturated rings. The fraction of sp³-hybridized carbons (Fsp3) is 0.605. The van der Waals surface area contributed by atoms with Crippen molar-refractivity contribution >= 4 is 5.91 Å². The van der Waals surface area contributed by atoms with E-state index in [1.165, 1.54) is 0 Å². The Hall–Kier alpha value is -2.97. The largest absolute Gasteiger partial charge is 0.394 e. The molecule has 0 aromatic heterocycles. The maximum atomic E-state index is 13.3. The minimum Gasteiger partial charge on any atom is -0.394 e. The van der Waals surface area contributed by atoms with Crippen LogP contribution in [-0.2, 0) is 30.8 Å². The number of aryl methyl sites for hydroxylation is 1. The van der Waals surface area contributed by atoms with E-state index < -0.39 is 85.8 Å². The van der Waals surface area contributed by atoms with Gasteiger partial charge in [0.2, 0.25) is 0 Å². The third kappa shape index (κ3) is 6.62. The molecule has 2 aromatic rings. The molecule has 0 radical (unpaired) electrons. The molecule has 4 heterocycles. The third-order valence-electron chi connectivity index (χ3n) is 11.5. The van der Waals surface area contributed by atoms with Crippen LogP contribution in [-0.4, -0.2) is 152 Å². The molecule has 13 nitrogen and oxygen atoms in total. The van der Waals surface area contributed by atoms with Gasteiger partial charge >= 0.3 is 0 Å². The Morgan fingerprint density at radius 3 is 2.08 bits per heavy atom. The van der Waals surface area contributed by atoms with Crippen molar-refractivity contribution in [1.29, 1.82) is 0 Å². The molecule has 0 bridgehead atoms. The van der Waals surface area contributed by atoms with E-state index >= 15 is 0 Å². The summed E-state index contributed by atoms with van der Waals surface area (Å²) >= 11 is 0. The van der Waals surface area contributed by atoms with Crippen LogP contribution in [0.5, 0.6) is 0 Å². The van der Waals surface area contributed by atoms with Crippen molar-refractivity contribution in [2.24, 2.45) is 0 Å². The summed E-state index contributed by atoms with van der Waals surface area (Å²) in [7, 11) is 0. The summed E-state index contributed by atoms with van der Waals surface area (Å²) in [6, 6.07) is 12.2. The van der Waals surface area contributed by atoms with Gasteiger partial charge < -0.3 is 60.0 Å². The molecule has 5 aliphatic rings. The number of amides is 1. The fourth-order valence-electron chi connectivity index (χ4n) is 8.50. The summed E-state index contributed by atoms with van der Waals surface area (Å²) in [4.78, 5) is 15.2. The topological polar surface area (TPSA) is 210 Å². The van der Waals surface area contributed by atoms with Crippen LogP contribution >= 0.6 is 0 Å². The minimum absolute atomic E-state index is 0.0215. The number of carbonyl (C=O) groups is 1. The fourth-order valence-corrected chi connectivity index (χ4v) is 8.50. The molecular weight excluding hydrogens is 662 g/mol. The minimum atomic E-state index is -1.52. The highest BCUT2D eigenvalue weighted by atomic mass is 16.6. The van der Waals surface area contributed by atoms with Crippen molar-refractivity contribution in [1.82, 2.24) is 4.90 Å². The second kappa shape index (κ2) is 14.8. The second-order valence-corrected chi connectivity index (χ2v) is 14.5. The van der Waals surface area contributed by atoms with E-state index in [0.29, 0.717) is 50.9 Å². The number of likely N-dealkylation sites (tertiary alicyclic amines) is 1. The highest BCUT2D eigenvalue weighted by molar-refractivity contribution is 5.84. The number of rotatable bonds is 6. The highest BCUT2D eigenvalue weighted by Crippen LogP contribution is 2.54. The van der Waals surface area contributed by atoms with E-state index in [0.717, 1.165) is 40.7 Å². The van der Waals surface area contributed by atoms with Crippen molar-refractivity contribution in [3.63, 3.8) is 0 Å². The molecule has 0 saturated carbocycles. The smallest absolute Gasteiger partial charge is 0.251 e. The Morgan fingerprint density at radius 2 is 1.41 bits per heavy atom. The molecule has 4 saturated heterocycles. The first kappa shape index (κ1) is 36.4. The van der Waals surface area contributed by atoms with E-state index in [-0.39, 0.29) is 5.91 Å². The summed E-state index contributed by atoms with van der Waals surface area (Å²) in [5, 5.41) is 81.2. The van der Waals surface area contributed by atoms with Gasteiger partial charge in [0.25, 0.3) is 5.91 Å². The third-order valence-corrected chi connectivity index (χ3v) is 11.5. The van der Waals surface area contributed by atoms with Crippen molar-refractivity contribution in [3.05, 3.63) is 58.7 Å². The molecule has 7 rings (SSSR count). The predicted molar refractivity (Wildman–Crippen MR) is 180 cm³/mol. The van der Waals surface area contributed by atoms with Gasteiger partial charge in [0, 0.05) is 30.7 Å². The molecule has 1 amide bonds. The zero-order valence-corrected chi connectivity index (χ0v) is 28.3. The van der Waals surface area contributed by atoms with Crippen LogP contribution in [0.15, 0.2) is 36.4 Å². The lowest BCUT2D eigenvalue weighted by atomic mass is 9.70. The maximum Gasteiger partial charge on any atom is 0.251 e. The number of nitrogens with zero attached hydrogens (tertiary/aromatic N) is 1. The summed E-state index contributed by atoms with van der Waals surface area (Å²) in [5.41, 5.74) is 5.48. The molecule has 11 atom stereocenters. The number of carbonyl (C=O) groups excluding carboxylic acids is 1. The second-order valence-electron chi connectivity index (χ2n) is 14.5. The van der Waals surface area contributed by atoms with Crippen LogP contribution < -0.4 is 0 Å². The van der Waals surface area contributed by atoms with Gasteiger partial charge in [0.05, 0.1) is 19.3 Å². The number of piperidine rings is 1. The molecular formula is C38H47NO12. The van der Waals surface area contributed by atoms with E-state index in [9.17, 15) is 45.6 Å². The van der Waals surface area contributed by atoms with E-state index in [4.69, 9.17) is 14.2 Å². The number of benzene rings is 2. The van der Waals surface area contributed by atoms with Crippen LogP contribution in [0.2, 0.25) is 0 Å². The van der Waals surface area contributed by atoms with Gasteiger partial charge in [0.1, 0.15) is 61.0 Å². The summed E-state index contributed by atoms with van der Waals surface area (Å²) in [6.07, 6.45) is -9.18. The highest BCUT2D eigenvalue weighted by Gasteiger charge is 2.48. The molecule has 4 aliphatic heterocycles. The van der Waals surface area contributed by atoms with Gasteiger partial charge in [-0.2, -0.15) is 0 Å². The van der Waals surface area contributed by atoms with Crippen molar-refractivity contribution in [2.75, 3.05) is 32.9 Å². The Bertz CT molecular complexity index is 1640. The molecule has 0 unspecified atom stereocenters. The first-order chi connectivity index (χ1) is 24.6. The molecule has 1 spiro atoms. The van der Waals surface area contributed by atoms with Gasteiger partial charge in [-0.1, -0.05) is 36.1 Å². The Kier molecular flexibility index (Phi) is 10.6. The van der Waals surface area contributed by atoms with Crippen LogP contribution in [0.1, 0.15) is 54.4 Å². The Morgan fingerprint density at radius 1 is 0.784 bits per heavy atom. The molecule has 2 aromatic carbocycles. The summed E-state index contributed by atoms with van der Waals surface area (Å²) in [5.74, 6) is 5.97. The van der Waals surface area contributed by atoms with Crippen molar-refractivity contribution < 1.29 is 59.9 Å². The van der Waals surface area contributed by atoms with Gasteiger partial charge in [-0.3, -0.25) is 4.79 Å². The van der Waals surface area contributed by atoms with Crippen LogP contribution in [0.4, 0.5) is 0 Å².